The molecule has 9 heteroatoms. The van der Waals surface area contributed by atoms with Crippen LogP contribution < -0.4 is 0 Å². The largest absolute Gasteiger partial charge is 0.395 e. The number of fused-ring (bicyclic) bond motifs is 3. The van der Waals surface area contributed by atoms with Gasteiger partial charge in [0.15, 0.2) is 0 Å². The first-order valence-electron chi connectivity index (χ1n) is 10.4. The maximum absolute atomic E-state index is 12.9. The zero-order chi connectivity index (χ0) is 23.4. The number of benzene rings is 3. The van der Waals surface area contributed by atoms with Crippen LogP contribution in [0.2, 0.25) is 5.02 Å². The number of nitrogens with zero attached hydrogens (tertiary/aromatic N) is 2. The summed E-state index contributed by atoms with van der Waals surface area (Å²) < 4.78 is 26.8. The van der Waals surface area contributed by atoms with Gasteiger partial charge in [-0.1, -0.05) is 65.3 Å². The standard InChI is InChI=1S/C24H23ClN2O5S/c25-17-9-11-19(12-10-17)33(30,31)27(13-14-28)15-18(29)16-32-26-24-22-7-3-1-5-20(22)21-6-2-4-8-23(21)24/h1-12,18,28-29H,13-16H2. The van der Waals surface area contributed by atoms with Gasteiger partial charge in [-0.2, -0.15) is 4.31 Å². The van der Waals surface area contributed by atoms with Gasteiger partial charge in [0.1, 0.15) is 18.4 Å². The molecule has 1 aliphatic carbocycles. The molecule has 172 valence electrons. The van der Waals surface area contributed by atoms with Crippen molar-refractivity contribution in [2.45, 2.75) is 11.0 Å². The second-order valence-electron chi connectivity index (χ2n) is 7.52. The number of oxime groups is 1. The van der Waals surface area contributed by atoms with Crippen molar-refractivity contribution >= 4 is 27.3 Å². The number of halogens is 1. The average molecular weight is 487 g/mol. The summed E-state index contributed by atoms with van der Waals surface area (Å²) in [7, 11) is -3.93. The van der Waals surface area contributed by atoms with Gasteiger partial charge >= 0.3 is 0 Å². The van der Waals surface area contributed by atoms with Crippen LogP contribution in [0.25, 0.3) is 11.1 Å². The monoisotopic (exact) mass is 486 g/mol. The first-order valence-corrected chi connectivity index (χ1v) is 12.2. The van der Waals surface area contributed by atoms with Crippen LogP contribution in [0.4, 0.5) is 0 Å². The zero-order valence-electron chi connectivity index (χ0n) is 17.6. The van der Waals surface area contributed by atoms with Crippen molar-refractivity contribution in [1.29, 1.82) is 0 Å². The van der Waals surface area contributed by atoms with E-state index in [2.05, 4.69) is 5.16 Å². The molecule has 0 spiro atoms. The van der Waals surface area contributed by atoms with Crippen LogP contribution in [0.5, 0.6) is 0 Å². The van der Waals surface area contributed by atoms with Crippen LogP contribution in [-0.4, -0.2) is 61.1 Å². The number of hydrogen-bond donors (Lipinski definition) is 2. The normalized spacial score (nSPS) is 13.5. The Morgan fingerprint density at radius 1 is 0.909 bits per heavy atom. The summed E-state index contributed by atoms with van der Waals surface area (Å²) in [5.74, 6) is 0. The van der Waals surface area contributed by atoms with Gasteiger partial charge in [0.25, 0.3) is 0 Å². The lowest BCUT2D eigenvalue weighted by Gasteiger charge is -2.23. The number of aliphatic hydroxyl groups excluding tert-OH is 2. The minimum Gasteiger partial charge on any atom is -0.395 e. The average Bonchev–Trinajstić information content (AvgIpc) is 3.13. The van der Waals surface area contributed by atoms with E-state index in [1.807, 2.05) is 48.5 Å². The van der Waals surface area contributed by atoms with Crippen LogP contribution in [0.15, 0.2) is 82.8 Å². The lowest BCUT2D eigenvalue weighted by molar-refractivity contribution is 0.0295. The van der Waals surface area contributed by atoms with Gasteiger partial charge in [-0.25, -0.2) is 8.42 Å². The Labute approximate surface area is 197 Å². The summed E-state index contributed by atoms with van der Waals surface area (Å²) >= 11 is 5.84. The molecule has 0 fully saturated rings. The predicted molar refractivity (Wildman–Crippen MR) is 127 cm³/mol. The Balaban J connectivity index is 1.47. The van der Waals surface area contributed by atoms with Gasteiger partial charge in [-0.15, -0.1) is 0 Å². The molecular formula is C24H23ClN2O5S. The molecular weight excluding hydrogens is 464 g/mol. The predicted octanol–water partition coefficient (Wildman–Crippen LogP) is 3.13. The van der Waals surface area contributed by atoms with Crippen molar-refractivity contribution in [1.82, 2.24) is 4.31 Å². The Bertz CT molecular complexity index is 1210. The molecule has 1 aliphatic rings. The highest BCUT2D eigenvalue weighted by molar-refractivity contribution is 7.89. The maximum Gasteiger partial charge on any atom is 0.243 e. The topological polar surface area (TPSA) is 99.4 Å². The molecule has 0 heterocycles. The van der Waals surface area contributed by atoms with Gasteiger partial charge in [0.2, 0.25) is 10.0 Å². The SMILES string of the molecule is O=S(=O)(c1ccc(Cl)cc1)N(CCO)CC(O)CON=C1c2ccccc2-c2ccccc21. The third-order valence-corrected chi connectivity index (χ3v) is 7.42. The van der Waals surface area contributed by atoms with Gasteiger partial charge in [0.05, 0.1) is 11.5 Å². The fourth-order valence-corrected chi connectivity index (χ4v) is 5.34. The van der Waals surface area contributed by atoms with Crippen LogP contribution >= 0.6 is 11.6 Å². The van der Waals surface area contributed by atoms with Gasteiger partial charge in [-0.3, -0.25) is 0 Å². The summed E-state index contributed by atoms with van der Waals surface area (Å²) in [5, 5.41) is 24.5. The second kappa shape index (κ2) is 10.0. The molecule has 1 unspecified atom stereocenters. The van der Waals surface area contributed by atoms with Gasteiger partial charge in [-0.05, 0) is 35.4 Å². The number of hydrogen-bond acceptors (Lipinski definition) is 6. The quantitative estimate of drug-likeness (QED) is 0.354. The third-order valence-electron chi connectivity index (χ3n) is 5.29. The smallest absolute Gasteiger partial charge is 0.243 e. The van der Waals surface area contributed by atoms with E-state index in [1.54, 1.807) is 0 Å². The molecule has 0 amide bonds. The van der Waals surface area contributed by atoms with Crippen LogP contribution in [0.1, 0.15) is 11.1 Å². The van der Waals surface area contributed by atoms with Crippen molar-refractivity contribution in [2.75, 3.05) is 26.3 Å². The first-order chi connectivity index (χ1) is 15.9. The Morgan fingerprint density at radius 2 is 1.45 bits per heavy atom. The summed E-state index contributed by atoms with van der Waals surface area (Å²) in [6, 6.07) is 21.4. The molecule has 2 N–H and O–H groups in total. The Morgan fingerprint density at radius 3 is 2.00 bits per heavy atom. The molecule has 0 saturated carbocycles. The molecule has 0 bridgehead atoms. The van der Waals surface area contributed by atoms with E-state index in [0.717, 1.165) is 26.6 Å². The Kier molecular flexibility index (Phi) is 7.11. The van der Waals surface area contributed by atoms with E-state index in [-0.39, 0.29) is 24.6 Å². The number of aliphatic hydroxyl groups is 2. The Hall–Kier alpha value is -2.75. The lowest BCUT2D eigenvalue weighted by atomic mass is 10.1. The second-order valence-corrected chi connectivity index (χ2v) is 9.90. The lowest BCUT2D eigenvalue weighted by Crippen LogP contribution is -2.40. The highest BCUT2D eigenvalue weighted by Gasteiger charge is 2.27. The first kappa shape index (κ1) is 23.4. The summed E-state index contributed by atoms with van der Waals surface area (Å²) in [6.45, 7) is -1.04. The maximum atomic E-state index is 12.9. The molecule has 1 atom stereocenters. The highest BCUT2D eigenvalue weighted by atomic mass is 35.5. The molecule has 0 saturated heterocycles. The van der Waals surface area contributed by atoms with Crippen molar-refractivity contribution in [3.05, 3.63) is 88.9 Å². The van der Waals surface area contributed by atoms with Crippen LogP contribution in [-0.2, 0) is 14.9 Å². The highest BCUT2D eigenvalue weighted by Crippen LogP contribution is 2.36. The van der Waals surface area contributed by atoms with E-state index in [9.17, 15) is 18.6 Å². The van der Waals surface area contributed by atoms with E-state index >= 15 is 0 Å². The van der Waals surface area contributed by atoms with Crippen molar-refractivity contribution in [3.63, 3.8) is 0 Å². The molecule has 0 aromatic heterocycles. The molecule has 0 aliphatic heterocycles. The van der Waals surface area contributed by atoms with E-state index in [4.69, 9.17) is 16.4 Å². The summed E-state index contributed by atoms with van der Waals surface area (Å²) in [6.07, 6.45) is -1.16. The molecule has 0 radical (unpaired) electrons. The zero-order valence-corrected chi connectivity index (χ0v) is 19.2. The molecule has 7 nitrogen and oxygen atoms in total. The molecule has 4 rings (SSSR count). The molecule has 3 aromatic carbocycles. The van der Waals surface area contributed by atoms with Crippen LogP contribution in [0.3, 0.4) is 0 Å². The van der Waals surface area contributed by atoms with Gasteiger partial charge < -0.3 is 15.1 Å². The van der Waals surface area contributed by atoms with Crippen molar-refractivity contribution in [2.24, 2.45) is 5.16 Å². The van der Waals surface area contributed by atoms with E-state index < -0.39 is 22.7 Å². The minimum atomic E-state index is -3.93. The number of rotatable bonds is 9. The summed E-state index contributed by atoms with van der Waals surface area (Å²) in [4.78, 5) is 5.46. The third kappa shape index (κ3) is 4.95. The fraction of sp³-hybridized carbons (Fsp3) is 0.208. The van der Waals surface area contributed by atoms with E-state index in [0.29, 0.717) is 10.7 Å². The summed E-state index contributed by atoms with van der Waals surface area (Å²) in [5.41, 5.74) is 4.63. The fourth-order valence-electron chi connectivity index (χ4n) is 3.74. The van der Waals surface area contributed by atoms with Crippen molar-refractivity contribution in [3.8, 4) is 11.1 Å². The molecule has 3 aromatic rings. The van der Waals surface area contributed by atoms with Gasteiger partial charge in [0, 0.05) is 29.2 Å². The minimum absolute atomic E-state index is 0.0212. The van der Waals surface area contributed by atoms with Crippen LogP contribution in [0, 0.1) is 0 Å². The van der Waals surface area contributed by atoms with E-state index in [1.165, 1.54) is 24.3 Å². The molecule has 33 heavy (non-hydrogen) atoms. The van der Waals surface area contributed by atoms with Crippen molar-refractivity contribution < 1.29 is 23.5 Å². The number of sulfonamides is 1.